The van der Waals surface area contributed by atoms with E-state index in [4.69, 9.17) is 16.3 Å². The van der Waals surface area contributed by atoms with Crippen molar-refractivity contribution in [1.29, 1.82) is 0 Å². The lowest BCUT2D eigenvalue weighted by atomic mass is 10.1. The monoisotopic (exact) mass is 358 g/mol. The second-order valence-electron chi connectivity index (χ2n) is 6.29. The first-order chi connectivity index (χ1) is 12.2. The summed E-state index contributed by atoms with van der Waals surface area (Å²) in [5.41, 5.74) is 2.74. The van der Waals surface area contributed by atoms with Crippen molar-refractivity contribution in [3.8, 4) is 5.75 Å². The predicted molar refractivity (Wildman–Crippen MR) is 103 cm³/mol. The SMILES string of the molecule is COc1cccc(CC(=O)Nc2cc(Cl)ccc2N2CCCCC2)c1. The Bertz CT molecular complexity index is 742. The summed E-state index contributed by atoms with van der Waals surface area (Å²) < 4.78 is 5.21. The first kappa shape index (κ1) is 17.6. The summed E-state index contributed by atoms with van der Waals surface area (Å²) in [6.45, 7) is 2.03. The van der Waals surface area contributed by atoms with Gasteiger partial charge < -0.3 is 15.0 Å². The molecule has 1 saturated heterocycles. The average molecular weight is 359 g/mol. The van der Waals surface area contributed by atoms with Crippen LogP contribution in [0, 0.1) is 0 Å². The molecule has 4 nitrogen and oxygen atoms in total. The summed E-state index contributed by atoms with van der Waals surface area (Å²) in [5.74, 6) is 0.691. The normalized spacial score (nSPS) is 14.2. The molecule has 0 aromatic heterocycles. The Hall–Kier alpha value is -2.20. The van der Waals surface area contributed by atoms with Gasteiger partial charge >= 0.3 is 0 Å². The smallest absolute Gasteiger partial charge is 0.228 e. The van der Waals surface area contributed by atoms with Gasteiger partial charge in [-0.1, -0.05) is 23.7 Å². The number of halogens is 1. The van der Waals surface area contributed by atoms with E-state index >= 15 is 0 Å². The van der Waals surface area contributed by atoms with E-state index in [0.717, 1.165) is 35.8 Å². The molecule has 5 heteroatoms. The van der Waals surface area contributed by atoms with E-state index in [0.29, 0.717) is 11.4 Å². The van der Waals surface area contributed by atoms with Crippen molar-refractivity contribution in [3.63, 3.8) is 0 Å². The maximum absolute atomic E-state index is 12.5. The summed E-state index contributed by atoms with van der Waals surface area (Å²) >= 11 is 6.15. The molecule has 3 rings (SSSR count). The van der Waals surface area contributed by atoms with Gasteiger partial charge in [-0.05, 0) is 55.2 Å². The van der Waals surface area contributed by atoms with Crippen molar-refractivity contribution in [2.24, 2.45) is 0 Å². The third-order valence-corrected chi connectivity index (χ3v) is 4.66. The van der Waals surface area contributed by atoms with Gasteiger partial charge in [0.05, 0.1) is 24.9 Å². The molecular formula is C20H23ClN2O2. The topological polar surface area (TPSA) is 41.6 Å². The van der Waals surface area contributed by atoms with Crippen molar-refractivity contribution in [1.82, 2.24) is 0 Å². The molecule has 0 aliphatic carbocycles. The Balaban J connectivity index is 1.74. The van der Waals surface area contributed by atoms with Gasteiger partial charge in [0.25, 0.3) is 0 Å². The summed E-state index contributed by atoms with van der Waals surface area (Å²) in [7, 11) is 1.62. The molecule has 2 aromatic rings. The van der Waals surface area contributed by atoms with E-state index in [1.165, 1.54) is 19.3 Å². The molecule has 1 heterocycles. The van der Waals surface area contributed by atoms with E-state index in [-0.39, 0.29) is 5.91 Å². The molecule has 1 amide bonds. The lowest BCUT2D eigenvalue weighted by Gasteiger charge is -2.30. The first-order valence-corrected chi connectivity index (χ1v) is 9.01. The zero-order valence-corrected chi connectivity index (χ0v) is 15.2. The van der Waals surface area contributed by atoms with Crippen LogP contribution in [0.1, 0.15) is 24.8 Å². The molecule has 1 N–H and O–H groups in total. The molecular weight excluding hydrogens is 336 g/mol. The van der Waals surface area contributed by atoms with E-state index < -0.39 is 0 Å². The third-order valence-electron chi connectivity index (χ3n) is 4.43. The Labute approximate surface area is 153 Å². The third kappa shape index (κ3) is 4.67. The number of ether oxygens (including phenoxy) is 1. The zero-order chi connectivity index (χ0) is 17.6. The average Bonchev–Trinajstić information content (AvgIpc) is 2.62. The Morgan fingerprint density at radius 3 is 2.72 bits per heavy atom. The van der Waals surface area contributed by atoms with E-state index in [9.17, 15) is 4.79 Å². The summed E-state index contributed by atoms with van der Waals surface area (Å²) in [5, 5.41) is 3.65. The highest BCUT2D eigenvalue weighted by molar-refractivity contribution is 6.31. The molecule has 132 valence electrons. The molecule has 1 fully saturated rings. The van der Waals surface area contributed by atoms with Crippen LogP contribution in [0.25, 0.3) is 0 Å². The number of amides is 1. The molecule has 0 unspecified atom stereocenters. The number of rotatable bonds is 5. The molecule has 0 bridgehead atoms. The number of carbonyl (C=O) groups is 1. The highest BCUT2D eigenvalue weighted by atomic mass is 35.5. The number of hydrogen-bond donors (Lipinski definition) is 1. The zero-order valence-electron chi connectivity index (χ0n) is 14.4. The second-order valence-corrected chi connectivity index (χ2v) is 6.72. The summed E-state index contributed by atoms with van der Waals surface area (Å²) in [6, 6.07) is 13.3. The number of hydrogen-bond acceptors (Lipinski definition) is 3. The lowest BCUT2D eigenvalue weighted by molar-refractivity contribution is -0.115. The minimum Gasteiger partial charge on any atom is -0.497 e. The van der Waals surface area contributed by atoms with E-state index in [1.807, 2.05) is 42.5 Å². The van der Waals surface area contributed by atoms with Gasteiger partial charge in [-0.2, -0.15) is 0 Å². The highest BCUT2D eigenvalue weighted by Crippen LogP contribution is 2.31. The van der Waals surface area contributed by atoms with Crippen molar-refractivity contribution >= 4 is 28.9 Å². The van der Waals surface area contributed by atoms with Crippen molar-refractivity contribution in [2.45, 2.75) is 25.7 Å². The first-order valence-electron chi connectivity index (χ1n) is 8.63. The van der Waals surface area contributed by atoms with Crippen LogP contribution in [0.5, 0.6) is 5.75 Å². The minimum absolute atomic E-state index is 0.0613. The lowest BCUT2D eigenvalue weighted by Crippen LogP contribution is -2.30. The maximum atomic E-state index is 12.5. The van der Waals surface area contributed by atoms with Crippen LogP contribution < -0.4 is 15.0 Å². The number of methoxy groups -OCH3 is 1. The van der Waals surface area contributed by atoms with E-state index in [1.54, 1.807) is 7.11 Å². The van der Waals surface area contributed by atoms with Gasteiger partial charge in [0, 0.05) is 18.1 Å². The Kier molecular flexibility index (Phi) is 5.82. The van der Waals surface area contributed by atoms with Gasteiger partial charge in [-0.15, -0.1) is 0 Å². The number of carbonyl (C=O) groups excluding carboxylic acids is 1. The molecule has 1 aliphatic heterocycles. The quantitative estimate of drug-likeness (QED) is 0.854. The summed E-state index contributed by atoms with van der Waals surface area (Å²) in [4.78, 5) is 14.8. The predicted octanol–water partition coefficient (Wildman–Crippen LogP) is 4.52. The molecule has 2 aromatic carbocycles. The molecule has 0 radical (unpaired) electrons. The summed E-state index contributed by atoms with van der Waals surface area (Å²) in [6.07, 6.45) is 3.92. The largest absolute Gasteiger partial charge is 0.497 e. The van der Waals surface area contributed by atoms with Gasteiger partial charge in [0.2, 0.25) is 5.91 Å². The number of anilines is 2. The van der Waals surface area contributed by atoms with Crippen LogP contribution in [0.3, 0.4) is 0 Å². The van der Waals surface area contributed by atoms with Gasteiger partial charge in [-0.3, -0.25) is 4.79 Å². The van der Waals surface area contributed by atoms with Crippen LogP contribution in [-0.4, -0.2) is 26.1 Å². The van der Waals surface area contributed by atoms with Crippen LogP contribution in [0.15, 0.2) is 42.5 Å². The Morgan fingerprint density at radius 2 is 1.96 bits per heavy atom. The van der Waals surface area contributed by atoms with Gasteiger partial charge in [-0.25, -0.2) is 0 Å². The van der Waals surface area contributed by atoms with Gasteiger partial charge in [0.1, 0.15) is 5.75 Å². The fourth-order valence-corrected chi connectivity index (χ4v) is 3.35. The molecule has 1 aliphatic rings. The minimum atomic E-state index is -0.0613. The molecule has 0 atom stereocenters. The fourth-order valence-electron chi connectivity index (χ4n) is 3.18. The second kappa shape index (κ2) is 8.26. The number of nitrogens with one attached hydrogen (secondary N) is 1. The van der Waals surface area contributed by atoms with Crippen LogP contribution in [-0.2, 0) is 11.2 Å². The number of piperidine rings is 1. The van der Waals surface area contributed by atoms with E-state index in [2.05, 4.69) is 10.2 Å². The van der Waals surface area contributed by atoms with Crippen LogP contribution in [0.2, 0.25) is 5.02 Å². The van der Waals surface area contributed by atoms with Crippen molar-refractivity contribution in [2.75, 3.05) is 30.4 Å². The standard InChI is InChI=1S/C20H23ClN2O2/c1-25-17-7-5-6-15(12-17)13-20(24)22-18-14-16(21)8-9-19(18)23-10-3-2-4-11-23/h5-9,12,14H,2-4,10-11,13H2,1H3,(H,22,24). The van der Waals surface area contributed by atoms with Gasteiger partial charge in [0.15, 0.2) is 0 Å². The number of benzene rings is 2. The van der Waals surface area contributed by atoms with Crippen LogP contribution >= 0.6 is 11.6 Å². The highest BCUT2D eigenvalue weighted by Gasteiger charge is 2.16. The maximum Gasteiger partial charge on any atom is 0.228 e. The number of nitrogens with zero attached hydrogens (tertiary/aromatic N) is 1. The Morgan fingerprint density at radius 1 is 1.16 bits per heavy atom. The van der Waals surface area contributed by atoms with Crippen LogP contribution in [0.4, 0.5) is 11.4 Å². The molecule has 0 spiro atoms. The van der Waals surface area contributed by atoms with Crippen molar-refractivity contribution < 1.29 is 9.53 Å². The molecule has 25 heavy (non-hydrogen) atoms. The molecule has 0 saturated carbocycles. The van der Waals surface area contributed by atoms with Crippen molar-refractivity contribution in [3.05, 3.63) is 53.1 Å². The fraction of sp³-hybridized carbons (Fsp3) is 0.350.